The number of hydrogen-bond donors (Lipinski definition) is 2. The lowest BCUT2D eigenvalue weighted by Gasteiger charge is -2.28. The zero-order valence-electron chi connectivity index (χ0n) is 16.2. The quantitative estimate of drug-likeness (QED) is 0.496. The lowest BCUT2D eigenvalue weighted by molar-refractivity contribution is -0.269. The van der Waals surface area contributed by atoms with Crippen LogP contribution in [0.3, 0.4) is 0 Å². The van der Waals surface area contributed by atoms with Crippen molar-refractivity contribution in [3.63, 3.8) is 0 Å². The number of amidine groups is 1. The van der Waals surface area contributed by atoms with Gasteiger partial charge in [-0.15, -0.1) is 0 Å². The van der Waals surface area contributed by atoms with Crippen LogP contribution in [0.1, 0.15) is 27.0 Å². The Bertz CT molecular complexity index is 1080. The molecule has 3 rings (SSSR count). The van der Waals surface area contributed by atoms with Crippen LogP contribution < -0.4 is 11.2 Å². The second kappa shape index (κ2) is 8.41. The van der Waals surface area contributed by atoms with E-state index in [4.69, 9.17) is 33.8 Å². The molecule has 0 aromatic heterocycles. The number of aryl methyl sites for hydroxylation is 1. The molecule has 0 fully saturated rings. The number of carbonyl (C=O) groups excluding carboxylic acids is 1. The Morgan fingerprint density at radius 3 is 2.39 bits per heavy atom. The lowest BCUT2D eigenvalue weighted by atomic mass is 9.91. The second-order valence-electron chi connectivity index (χ2n) is 6.64. The SMILES string of the molecule is COC(N)=NC(=O)c1ccc(C2=CC(c3cc(Cl)cc(Cl)c3)(C(F)(F)F)ON2)cc1C. The zero-order chi connectivity index (χ0) is 23.0. The minimum absolute atomic E-state index is 0.0335. The molecule has 6 nitrogen and oxygen atoms in total. The van der Waals surface area contributed by atoms with E-state index in [1.54, 1.807) is 6.92 Å². The summed E-state index contributed by atoms with van der Waals surface area (Å²) < 4.78 is 46.9. The molecule has 1 aliphatic heterocycles. The van der Waals surface area contributed by atoms with Gasteiger partial charge in [-0.05, 0) is 54.5 Å². The number of alkyl halides is 3. The van der Waals surface area contributed by atoms with Crippen LogP contribution >= 0.6 is 23.2 Å². The average molecular weight is 474 g/mol. The van der Waals surface area contributed by atoms with Crippen molar-refractivity contribution in [2.75, 3.05) is 7.11 Å². The number of amides is 1. The number of hydrogen-bond acceptors (Lipinski definition) is 4. The van der Waals surface area contributed by atoms with Gasteiger partial charge in [-0.25, -0.2) is 0 Å². The Labute approximate surface area is 185 Å². The van der Waals surface area contributed by atoms with Crippen LogP contribution in [0.4, 0.5) is 13.2 Å². The van der Waals surface area contributed by atoms with Gasteiger partial charge in [0.05, 0.1) is 12.8 Å². The largest absolute Gasteiger partial charge is 0.468 e. The molecule has 0 bridgehead atoms. The maximum atomic E-state index is 14.1. The van der Waals surface area contributed by atoms with Gasteiger partial charge in [-0.1, -0.05) is 29.3 Å². The third-order valence-corrected chi connectivity index (χ3v) is 5.01. The molecule has 3 N–H and O–H groups in total. The molecule has 164 valence electrons. The van der Waals surface area contributed by atoms with E-state index in [2.05, 4.69) is 15.2 Å². The fourth-order valence-corrected chi connectivity index (χ4v) is 3.56. The predicted octanol–water partition coefficient (Wildman–Crippen LogP) is 4.74. The number of rotatable bonds is 3. The van der Waals surface area contributed by atoms with Crippen molar-refractivity contribution in [1.29, 1.82) is 0 Å². The summed E-state index contributed by atoms with van der Waals surface area (Å²) in [6.45, 7) is 1.61. The number of aliphatic imine (C=N–C) groups is 1. The first-order valence-electron chi connectivity index (χ1n) is 8.70. The fourth-order valence-electron chi connectivity index (χ4n) is 3.03. The van der Waals surface area contributed by atoms with Crippen LogP contribution in [0.25, 0.3) is 5.70 Å². The number of halogens is 5. The number of nitrogens with one attached hydrogen (secondary N) is 1. The number of methoxy groups -OCH3 is 1. The van der Waals surface area contributed by atoms with Gasteiger partial charge in [0.2, 0.25) is 5.60 Å². The highest BCUT2D eigenvalue weighted by atomic mass is 35.5. The summed E-state index contributed by atoms with van der Waals surface area (Å²) in [7, 11) is 1.26. The molecule has 11 heteroatoms. The molecule has 1 amide bonds. The summed E-state index contributed by atoms with van der Waals surface area (Å²) in [5, 5.41) is 0.0670. The summed E-state index contributed by atoms with van der Waals surface area (Å²) >= 11 is 11.8. The second-order valence-corrected chi connectivity index (χ2v) is 7.52. The van der Waals surface area contributed by atoms with E-state index in [9.17, 15) is 18.0 Å². The van der Waals surface area contributed by atoms with Crippen LogP contribution in [0.2, 0.25) is 10.0 Å². The standard InChI is InChI=1S/C20H16Cl2F3N3O3/c1-10-5-11(3-4-15(10)17(29)27-18(26)30-2)16-9-19(31-28-16,20(23,24)25)12-6-13(21)8-14(22)7-12/h3-9,28H,1-2H3,(H2,26,27,29). The maximum absolute atomic E-state index is 14.1. The number of ether oxygens (including phenoxy) is 1. The van der Waals surface area contributed by atoms with Crippen molar-refractivity contribution >= 4 is 40.8 Å². The molecular weight excluding hydrogens is 458 g/mol. The van der Waals surface area contributed by atoms with E-state index in [0.717, 1.165) is 18.2 Å². The van der Waals surface area contributed by atoms with Gasteiger partial charge in [0.25, 0.3) is 11.9 Å². The molecule has 0 spiro atoms. The number of hydroxylamine groups is 1. The molecule has 2 aromatic rings. The Hall–Kier alpha value is -2.75. The summed E-state index contributed by atoms with van der Waals surface area (Å²) in [4.78, 5) is 20.8. The minimum atomic E-state index is -4.83. The highest BCUT2D eigenvalue weighted by Crippen LogP contribution is 2.48. The van der Waals surface area contributed by atoms with Gasteiger partial charge >= 0.3 is 6.18 Å². The van der Waals surface area contributed by atoms with E-state index in [1.807, 2.05) is 0 Å². The number of nitrogens with zero attached hydrogens (tertiary/aromatic N) is 1. The summed E-state index contributed by atoms with van der Waals surface area (Å²) in [6, 6.07) is 7.68. The fraction of sp³-hybridized carbons (Fsp3) is 0.200. The highest BCUT2D eigenvalue weighted by Gasteiger charge is 2.59. The van der Waals surface area contributed by atoms with Crippen molar-refractivity contribution in [3.05, 3.63) is 74.8 Å². The van der Waals surface area contributed by atoms with Gasteiger partial charge in [-0.3, -0.25) is 15.1 Å². The molecule has 1 heterocycles. The van der Waals surface area contributed by atoms with Crippen LogP contribution in [-0.4, -0.2) is 25.2 Å². The van der Waals surface area contributed by atoms with Gasteiger partial charge in [0.15, 0.2) is 0 Å². The van der Waals surface area contributed by atoms with Crippen molar-refractivity contribution < 1.29 is 27.5 Å². The number of nitrogens with two attached hydrogens (primary N) is 1. The van der Waals surface area contributed by atoms with Crippen molar-refractivity contribution in [1.82, 2.24) is 5.48 Å². The molecular formula is C20H16Cl2F3N3O3. The van der Waals surface area contributed by atoms with E-state index >= 15 is 0 Å². The van der Waals surface area contributed by atoms with Crippen LogP contribution in [0.15, 0.2) is 47.5 Å². The Morgan fingerprint density at radius 1 is 1.19 bits per heavy atom. The highest BCUT2D eigenvalue weighted by molar-refractivity contribution is 6.34. The predicted molar refractivity (Wildman–Crippen MR) is 111 cm³/mol. The average Bonchev–Trinajstić information content (AvgIpc) is 3.13. The molecule has 1 unspecified atom stereocenters. The molecule has 0 saturated heterocycles. The Morgan fingerprint density at radius 2 is 1.84 bits per heavy atom. The molecule has 0 aliphatic carbocycles. The minimum Gasteiger partial charge on any atom is -0.468 e. The topological polar surface area (TPSA) is 85.9 Å². The number of benzene rings is 2. The summed E-state index contributed by atoms with van der Waals surface area (Å²) in [5.74, 6) is -0.647. The van der Waals surface area contributed by atoms with Crippen LogP contribution in [0, 0.1) is 6.92 Å². The van der Waals surface area contributed by atoms with Gasteiger partial charge < -0.3 is 10.5 Å². The van der Waals surface area contributed by atoms with Crippen molar-refractivity contribution in [3.8, 4) is 0 Å². The monoisotopic (exact) mass is 473 g/mol. The van der Waals surface area contributed by atoms with E-state index in [1.165, 1.54) is 31.4 Å². The van der Waals surface area contributed by atoms with E-state index in [-0.39, 0.29) is 32.9 Å². The summed E-state index contributed by atoms with van der Waals surface area (Å²) in [6.07, 6.45) is -3.93. The number of carbonyl (C=O) groups is 1. The molecule has 0 saturated carbocycles. The molecule has 1 aliphatic rings. The molecule has 2 aromatic carbocycles. The third-order valence-electron chi connectivity index (χ3n) is 4.57. The van der Waals surface area contributed by atoms with Crippen LogP contribution in [0.5, 0.6) is 0 Å². The Balaban J connectivity index is 2.04. The third kappa shape index (κ3) is 4.48. The van der Waals surface area contributed by atoms with Crippen LogP contribution in [-0.2, 0) is 15.2 Å². The molecule has 0 radical (unpaired) electrons. The maximum Gasteiger partial charge on any atom is 0.428 e. The van der Waals surface area contributed by atoms with Crippen molar-refractivity contribution in [2.45, 2.75) is 18.7 Å². The molecule has 1 atom stereocenters. The normalized spacial score (nSPS) is 19.1. The first-order valence-corrected chi connectivity index (χ1v) is 9.46. The van der Waals surface area contributed by atoms with Gasteiger partial charge in [-0.2, -0.15) is 18.2 Å². The molecule has 31 heavy (non-hydrogen) atoms. The first-order chi connectivity index (χ1) is 14.5. The zero-order valence-corrected chi connectivity index (χ0v) is 17.7. The smallest absolute Gasteiger partial charge is 0.428 e. The van der Waals surface area contributed by atoms with Gasteiger partial charge in [0.1, 0.15) is 0 Å². The Kier molecular flexibility index (Phi) is 6.22. The first kappa shape index (κ1) is 22.9. The summed E-state index contributed by atoms with van der Waals surface area (Å²) in [5.41, 5.74) is 5.71. The van der Waals surface area contributed by atoms with E-state index in [0.29, 0.717) is 11.1 Å². The van der Waals surface area contributed by atoms with E-state index < -0.39 is 17.7 Å². The van der Waals surface area contributed by atoms with Gasteiger partial charge in [0, 0.05) is 21.2 Å². The van der Waals surface area contributed by atoms with Crippen molar-refractivity contribution in [2.24, 2.45) is 10.7 Å². The lowest BCUT2D eigenvalue weighted by Crippen LogP contribution is -2.42.